The number of rotatable bonds is 8. The molecule has 3 heterocycles. The highest BCUT2D eigenvalue weighted by Crippen LogP contribution is 2.29. The lowest BCUT2D eigenvalue weighted by Crippen LogP contribution is -2.28. The Hall–Kier alpha value is -4.40. The molecule has 1 amide bonds. The van der Waals surface area contributed by atoms with Crippen molar-refractivity contribution >= 4 is 38.7 Å². The molecule has 3 aromatic carbocycles. The molecule has 2 aromatic heterocycles. The van der Waals surface area contributed by atoms with Crippen LogP contribution in [0.3, 0.4) is 0 Å². The quantitative estimate of drug-likeness (QED) is 0.243. The van der Waals surface area contributed by atoms with Gasteiger partial charge >= 0.3 is 0 Å². The van der Waals surface area contributed by atoms with Gasteiger partial charge in [0.15, 0.2) is 12.4 Å². The third-order valence-electron chi connectivity index (χ3n) is 6.85. The van der Waals surface area contributed by atoms with E-state index in [-0.39, 0.29) is 12.5 Å². The molecule has 6 rings (SSSR count). The Morgan fingerprint density at radius 3 is 2.65 bits per heavy atom. The first-order chi connectivity index (χ1) is 19.6. The number of nitrogens with zero attached hydrogens (tertiary/aromatic N) is 4. The van der Waals surface area contributed by atoms with Crippen molar-refractivity contribution in [3.63, 3.8) is 0 Å². The van der Waals surface area contributed by atoms with Gasteiger partial charge in [-0.25, -0.2) is 15.0 Å². The van der Waals surface area contributed by atoms with Crippen molar-refractivity contribution in [2.24, 2.45) is 0 Å². The Morgan fingerprint density at radius 2 is 1.85 bits per heavy atom. The summed E-state index contributed by atoms with van der Waals surface area (Å²) < 4.78 is 7.13. The number of hydrogen-bond donors (Lipinski definition) is 1. The largest absolute Gasteiger partial charge is 0.483 e. The summed E-state index contributed by atoms with van der Waals surface area (Å²) in [7, 11) is 0. The Labute approximate surface area is 237 Å². The van der Waals surface area contributed by atoms with E-state index >= 15 is 0 Å². The average Bonchev–Trinajstić information content (AvgIpc) is 3.37. The summed E-state index contributed by atoms with van der Waals surface area (Å²) >= 11 is 1.61. The second-order valence-electron chi connectivity index (χ2n) is 9.73. The van der Waals surface area contributed by atoms with Crippen molar-refractivity contribution in [2.75, 3.05) is 25.0 Å². The lowest BCUT2D eigenvalue weighted by atomic mass is 9.99. The minimum Gasteiger partial charge on any atom is -0.483 e. The molecule has 0 unspecified atom stereocenters. The molecule has 0 aliphatic carbocycles. The van der Waals surface area contributed by atoms with E-state index in [9.17, 15) is 4.79 Å². The number of anilines is 1. The zero-order chi connectivity index (χ0) is 27.3. The van der Waals surface area contributed by atoms with Crippen LogP contribution in [0.5, 0.6) is 5.75 Å². The highest BCUT2D eigenvalue weighted by Gasteiger charge is 2.17. The van der Waals surface area contributed by atoms with E-state index in [1.165, 1.54) is 11.1 Å². The zero-order valence-electron chi connectivity index (χ0n) is 22.2. The topological polar surface area (TPSA) is 80.2 Å². The van der Waals surface area contributed by atoms with Crippen molar-refractivity contribution in [3.8, 4) is 17.1 Å². The molecular formula is C32H29N5O2S. The fraction of sp³-hybridized carbons (Fsp3) is 0.188. The Balaban J connectivity index is 1.17. The maximum atomic E-state index is 12.8. The van der Waals surface area contributed by atoms with Crippen molar-refractivity contribution in [3.05, 3.63) is 107 Å². The van der Waals surface area contributed by atoms with Gasteiger partial charge in [0.25, 0.3) is 5.91 Å². The second-order valence-corrected chi connectivity index (χ2v) is 11.0. The summed E-state index contributed by atoms with van der Waals surface area (Å²) in [5.41, 5.74) is 6.24. The van der Waals surface area contributed by atoms with Crippen molar-refractivity contribution in [1.29, 1.82) is 0 Å². The summed E-state index contributed by atoms with van der Waals surface area (Å²) in [6, 6.07) is 24.0. The normalized spacial score (nSPS) is 13.7. The molecular weight excluding hydrogens is 518 g/mol. The highest BCUT2D eigenvalue weighted by atomic mass is 32.1. The fourth-order valence-electron chi connectivity index (χ4n) is 4.90. The number of thiazole rings is 1. The maximum absolute atomic E-state index is 12.8. The molecule has 0 radical (unpaired) electrons. The minimum absolute atomic E-state index is 0.0913. The number of carbonyl (C=O) groups is 1. The molecule has 0 saturated heterocycles. The van der Waals surface area contributed by atoms with Crippen LogP contribution in [0.1, 0.15) is 22.6 Å². The first-order valence-corrected chi connectivity index (χ1v) is 14.1. The number of ether oxygens (including phenoxy) is 1. The van der Waals surface area contributed by atoms with Gasteiger partial charge in [-0.3, -0.25) is 9.69 Å². The molecule has 0 saturated carbocycles. The predicted molar refractivity (Wildman–Crippen MR) is 160 cm³/mol. The standard InChI is InChI=1S/C32H29N5O2S/c1-22-35-28-10-9-27(19-30(28)40-22)36-31(38)21-39-29-11-8-25(32-33-14-5-15-34-32)18-26(29)20-37-16-12-24(13-17-37)23-6-3-2-4-7-23/h2-12,14-15,18-19H,13,16-17,20-21H2,1H3,(H,36,38). The Bertz CT molecular complexity index is 1670. The number of aryl methyl sites for hydroxylation is 1. The van der Waals surface area contributed by atoms with E-state index in [0.717, 1.165) is 51.5 Å². The summed E-state index contributed by atoms with van der Waals surface area (Å²) in [4.78, 5) is 28.5. The summed E-state index contributed by atoms with van der Waals surface area (Å²) in [6.45, 7) is 4.36. The fourth-order valence-corrected chi connectivity index (χ4v) is 5.77. The monoisotopic (exact) mass is 547 g/mol. The van der Waals surface area contributed by atoms with Gasteiger partial charge in [-0.05, 0) is 66.9 Å². The summed E-state index contributed by atoms with van der Waals surface area (Å²) in [6.07, 6.45) is 6.76. The number of aromatic nitrogens is 3. The lowest BCUT2D eigenvalue weighted by Gasteiger charge is -2.27. The molecule has 0 bridgehead atoms. The van der Waals surface area contributed by atoms with Crippen LogP contribution in [0.4, 0.5) is 5.69 Å². The molecule has 200 valence electrons. The van der Waals surface area contributed by atoms with E-state index in [1.807, 2.05) is 43.3 Å². The second kappa shape index (κ2) is 11.8. The van der Waals surface area contributed by atoms with Crippen molar-refractivity contribution < 1.29 is 9.53 Å². The van der Waals surface area contributed by atoms with E-state index in [2.05, 4.69) is 61.6 Å². The van der Waals surface area contributed by atoms with Crippen LogP contribution in [0.2, 0.25) is 0 Å². The van der Waals surface area contributed by atoms with E-state index in [4.69, 9.17) is 4.74 Å². The molecule has 7 nitrogen and oxygen atoms in total. The third-order valence-corrected chi connectivity index (χ3v) is 7.79. The van der Waals surface area contributed by atoms with Gasteiger partial charge in [0, 0.05) is 48.8 Å². The Kier molecular flexibility index (Phi) is 7.61. The van der Waals surface area contributed by atoms with Crippen LogP contribution < -0.4 is 10.1 Å². The van der Waals surface area contributed by atoms with Gasteiger partial charge in [0.05, 0.1) is 15.2 Å². The number of amides is 1. The predicted octanol–water partition coefficient (Wildman–Crippen LogP) is 6.37. The van der Waals surface area contributed by atoms with Crippen LogP contribution in [-0.2, 0) is 11.3 Å². The van der Waals surface area contributed by atoms with Crippen molar-refractivity contribution in [2.45, 2.75) is 19.9 Å². The molecule has 40 heavy (non-hydrogen) atoms. The van der Waals surface area contributed by atoms with Gasteiger partial charge in [0.2, 0.25) is 0 Å². The Morgan fingerprint density at radius 1 is 1.00 bits per heavy atom. The minimum atomic E-state index is -0.213. The molecule has 0 atom stereocenters. The molecule has 8 heteroatoms. The van der Waals surface area contributed by atoms with E-state index in [1.54, 1.807) is 29.8 Å². The van der Waals surface area contributed by atoms with E-state index < -0.39 is 0 Å². The zero-order valence-corrected chi connectivity index (χ0v) is 23.0. The van der Waals surface area contributed by atoms with E-state index in [0.29, 0.717) is 18.1 Å². The van der Waals surface area contributed by atoms with Crippen LogP contribution >= 0.6 is 11.3 Å². The SMILES string of the molecule is Cc1nc2ccc(NC(=O)COc3ccc(-c4ncccn4)cc3CN3CC=C(c4ccccc4)CC3)cc2s1. The smallest absolute Gasteiger partial charge is 0.262 e. The van der Waals surface area contributed by atoms with Crippen LogP contribution in [0, 0.1) is 6.92 Å². The van der Waals surface area contributed by atoms with Crippen LogP contribution in [-0.4, -0.2) is 45.5 Å². The van der Waals surface area contributed by atoms with Gasteiger partial charge in [-0.2, -0.15) is 0 Å². The molecule has 1 aliphatic rings. The summed E-state index contributed by atoms with van der Waals surface area (Å²) in [5.74, 6) is 1.13. The van der Waals surface area contributed by atoms with Gasteiger partial charge in [0.1, 0.15) is 5.75 Å². The van der Waals surface area contributed by atoms with Gasteiger partial charge in [-0.1, -0.05) is 36.4 Å². The third kappa shape index (κ3) is 6.09. The lowest BCUT2D eigenvalue weighted by molar-refractivity contribution is -0.118. The number of nitrogens with one attached hydrogen (secondary N) is 1. The molecule has 0 fully saturated rings. The number of fused-ring (bicyclic) bond motifs is 1. The number of hydrogen-bond acceptors (Lipinski definition) is 7. The first-order valence-electron chi connectivity index (χ1n) is 13.3. The number of benzene rings is 3. The summed E-state index contributed by atoms with van der Waals surface area (Å²) in [5, 5.41) is 3.95. The number of carbonyl (C=O) groups excluding carboxylic acids is 1. The van der Waals surface area contributed by atoms with Crippen LogP contribution in [0.15, 0.2) is 91.3 Å². The maximum Gasteiger partial charge on any atom is 0.262 e. The molecule has 0 spiro atoms. The van der Waals surface area contributed by atoms with Crippen LogP contribution in [0.25, 0.3) is 27.2 Å². The average molecular weight is 548 g/mol. The van der Waals surface area contributed by atoms with Gasteiger partial charge in [-0.15, -0.1) is 11.3 Å². The molecule has 1 N–H and O–H groups in total. The first kappa shape index (κ1) is 25.9. The van der Waals surface area contributed by atoms with Crippen molar-refractivity contribution in [1.82, 2.24) is 19.9 Å². The van der Waals surface area contributed by atoms with Gasteiger partial charge < -0.3 is 10.1 Å². The molecule has 1 aliphatic heterocycles. The molecule has 5 aromatic rings. The highest BCUT2D eigenvalue weighted by molar-refractivity contribution is 7.18.